The van der Waals surface area contributed by atoms with Crippen LogP contribution in [0.15, 0.2) is 29.4 Å². The molecule has 0 fully saturated rings. The van der Waals surface area contributed by atoms with Crippen LogP contribution in [0.25, 0.3) is 6.08 Å². The Bertz CT molecular complexity index is 600. The van der Waals surface area contributed by atoms with Gasteiger partial charge in [-0.05, 0) is 55.7 Å². The Kier molecular flexibility index (Phi) is 4.50. The number of fused-ring (bicyclic) bond motifs is 1. The molecule has 1 heterocycles. The van der Waals surface area contributed by atoms with Crippen molar-refractivity contribution < 1.29 is 14.3 Å². The Balaban J connectivity index is 2.31. The highest BCUT2D eigenvalue weighted by Gasteiger charge is 2.16. The van der Waals surface area contributed by atoms with Crippen molar-refractivity contribution >= 4 is 23.6 Å². The predicted octanol–water partition coefficient (Wildman–Crippen LogP) is 3.93. The van der Waals surface area contributed by atoms with Crippen LogP contribution >= 0.6 is 11.6 Å². The predicted molar refractivity (Wildman–Crippen MR) is 80.1 cm³/mol. The summed E-state index contributed by atoms with van der Waals surface area (Å²) < 4.78 is 10.7. The van der Waals surface area contributed by atoms with Gasteiger partial charge in [-0.3, -0.25) is 0 Å². The van der Waals surface area contributed by atoms with Crippen LogP contribution in [0.1, 0.15) is 25.0 Å². The van der Waals surface area contributed by atoms with Gasteiger partial charge < -0.3 is 9.47 Å². The number of ether oxygens (including phenoxy) is 2. The van der Waals surface area contributed by atoms with E-state index in [1.54, 1.807) is 6.92 Å². The molecule has 1 aromatic carbocycles. The SMILES string of the molecule is CCOC(=O)C=C(C)C1=Cc2cc(Cl)cc(C)c2OC1. The van der Waals surface area contributed by atoms with Gasteiger partial charge in [-0.2, -0.15) is 0 Å². The molecule has 1 aliphatic rings. The molecule has 0 radical (unpaired) electrons. The average Bonchev–Trinajstić information content (AvgIpc) is 2.37. The van der Waals surface area contributed by atoms with E-state index in [9.17, 15) is 4.79 Å². The maximum absolute atomic E-state index is 11.5. The third-order valence-electron chi connectivity index (χ3n) is 3.10. The molecule has 0 amide bonds. The van der Waals surface area contributed by atoms with Gasteiger partial charge in [0.25, 0.3) is 0 Å². The molecule has 1 aromatic rings. The zero-order chi connectivity index (χ0) is 14.7. The number of rotatable bonds is 3. The zero-order valence-electron chi connectivity index (χ0n) is 11.8. The zero-order valence-corrected chi connectivity index (χ0v) is 12.6. The first-order valence-electron chi connectivity index (χ1n) is 6.50. The van der Waals surface area contributed by atoms with Crippen molar-refractivity contribution in [2.24, 2.45) is 0 Å². The molecular formula is C16H17ClO3. The van der Waals surface area contributed by atoms with Gasteiger partial charge >= 0.3 is 5.97 Å². The van der Waals surface area contributed by atoms with Gasteiger partial charge in [-0.15, -0.1) is 0 Å². The van der Waals surface area contributed by atoms with E-state index in [1.165, 1.54) is 6.08 Å². The quantitative estimate of drug-likeness (QED) is 0.625. The minimum atomic E-state index is -0.334. The van der Waals surface area contributed by atoms with Gasteiger partial charge in [-0.25, -0.2) is 4.79 Å². The largest absolute Gasteiger partial charge is 0.488 e. The van der Waals surface area contributed by atoms with Gasteiger partial charge in [-0.1, -0.05) is 11.6 Å². The van der Waals surface area contributed by atoms with Crippen molar-refractivity contribution in [3.05, 3.63) is 45.5 Å². The molecule has 0 bridgehead atoms. The maximum atomic E-state index is 11.5. The molecule has 0 spiro atoms. The lowest BCUT2D eigenvalue weighted by molar-refractivity contribution is -0.137. The molecule has 0 atom stereocenters. The molecular weight excluding hydrogens is 276 g/mol. The van der Waals surface area contributed by atoms with E-state index >= 15 is 0 Å². The van der Waals surface area contributed by atoms with E-state index in [-0.39, 0.29) is 5.97 Å². The van der Waals surface area contributed by atoms with E-state index in [1.807, 2.05) is 32.1 Å². The van der Waals surface area contributed by atoms with Crippen LogP contribution in [0, 0.1) is 6.92 Å². The van der Waals surface area contributed by atoms with Gasteiger partial charge in [0.1, 0.15) is 12.4 Å². The van der Waals surface area contributed by atoms with Crippen molar-refractivity contribution in [2.75, 3.05) is 13.2 Å². The number of esters is 1. The Morgan fingerprint density at radius 3 is 2.95 bits per heavy atom. The standard InChI is InChI=1S/C16H17ClO3/c1-4-19-15(18)6-10(2)13-7-12-8-14(17)5-11(3)16(12)20-9-13/h5-8H,4,9H2,1-3H3. The fourth-order valence-corrected chi connectivity index (χ4v) is 2.40. The second-order valence-corrected chi connectivity index (χ2v) is 5.12. The highest BCUT2D eigenvalue weighted by molar-refractivity contribution is 6.30. The molecule has 2 rings (SSSR count). The number of carbonyl (C=O) groups excluding carboxylic acids is 1. The molecule has 0 N–H and O–H groups in total. The van der Waals surface area contributed by atoms with Crippen LogP contribution in [0.2, 0.25) is 5.02 Å². The van der Waals surface area contributed by atoms with Gasteiger partial charge in [0.15, 0.2) is 0 Å². The summed E-state index contributed by atoms with van der Waals surface area (Å²) in [4.78, 5) is 11.5. The highest BCUT2D eigenvalue weighted by atomic mass is 35.5. The van der Waals surface area contributed by atoms with E-state index in [2.05, 4.69) is 0 Å². The lowest BCUT2D eigenvalue weighted by Gasteiger charge is -2.20. The molecule has 0 unspecified atom stereocenters. The third-order valence-corrected chi connectivity index (χ3v) is 3.32. The number of carbonyl (C=O) groups is 1. The van der Waals surface area contributed by atoms with Crippen LogP contribution < -0.4 is 4.74 Å². The van der Waals surface area contributed by atoms with Crippen molar-refractivity contribution in [3.63, 3.8) is 0 Å². The first kappa shape index (κ1) is 14.7. The summed E-state index contributed by atoms with van der Waals surface area (Å²) >= 11 is 6.06. The van der Waals surface area contributed by atoms with E-state index in [0.29, 0.717) is 18.2 Å². The van der Waals surface area contributed by atoms with E-state index in [4.69, 9.17) is 21.1 Å². The van der Waals surface area contributed by atoms with Crippen LogP contribution in [-0.4, -0.2) is 19.2 Å². The van der Waals surface area contributed by atoms with Crippen LogP contribution in [-0.2, 0) is 9.53 Å². The Morgan fingerprint density at radius 1 is 1.50 bits per heavy atom. The van der Waals surface area contributed by atoms with E-state index < -0.39 is 0 Å². The summed E-state index contributed by atoms with van der Waals surface area (Å²) in [6, 6.07) is 3.74. The van der Waals surface area contributed by atoms with Crippen molar-refractivity contribution in [3.8, 4) is 5.75 Å². The molecule has 20 heavy (non-hydrogen) atoms. The molecule has 1 aliphatic heterocycles. The Morgan fingerprint density at radius 2 is 2.25 bits per heavy atom. The van der Waals surface area contributed by atoms with Crippen molar-refractivity contribution in [1.82, 2.24) is 0 Å². The minimum Gasteiger partial charge on any atom is -0.488 e. The molecule has 0 aliphatic carbocycles. The number of hydrogen-bond donors (Lipinski definition) is 0. The molecule has 0 saturated heterocycles. The first-order chi connectivity index (χ1) is 9.51. The number of hydrogen-bond acceptors (Lipinski definition) is 3. The lowest BCUT2D eigenvalue weighted by Crippen LogP contribution is -2.10. The number of benzene rings is 1. The summed E-state index contributed by atoms with van der Waals surface area (Å²) in [5.41, 5.74) is 3.74. The number of aryl methyl sites for hydroxylation is 1. The Labute approximate surface area is 123 Å². The number of halogens is 1. The van der Waals surface area contributed by atoms with Crippen LogP contribution in [0.3, 0.4) is 0 Å². The summed E-state index contributed by atoms with van der Waals surface area (Å²) in [5, 5.41) is 0.675. The summed E-state index contributed by atoms with van der Waals surface area (Å²) in [5.74, 6) is 0.515. The summed E-state index contributed by atoms with van der Waals surface area (Å²) in [6.07, 6.45) is 3.49. The van der Waals surface area contributed by atoms with Crippen molar-refractivity contribution in [1.29, 1.82) is 0 Å². The van der Waals surface area contributed by atoms with Gasteiger partial charge in [0.05, 0.1) is 6.61 Å². The summed E-state index contributed by atoms with van der Waals surface area (Å²) in [7, 11) is 0. The van der Waals surface area contributed by atoms with Gasteiger partial charge in [0.2, 0.25) is 0 Å². The average molecular weight is 293 g/mol. The van der Waals surface area contributed by atoms with Gasteiger partial charge in [0, 0.05) is 16.7 Å². The second kappa shape index (κ2) is 6.14. The maximum Gasteiger partial charge on any atom is 0.331 e. The van der Waals surface area contributed by atoms with Crippen LogP contribution in [0.4, 0.5) is 0 Å². The molecule has 4 heteroatoms. The fourth-order valence-electron chi connectivity index (χ4n) is 2.12. The fraction of sp³-hybridized carbons (Fsp3) is 0.312. The molecule has 0 saturated carbocycles. The Hall–Kier alpha value is -1.74. The third kappa shape index (κ3) is 3.23. The minimum absolute atomic E-state index is 0.334. The first-order valence-corrected chi connectivity index (χ1v) is 6.88. The smallest absolute Gasteiger partial charge is 0.331 e. The molecule has 3 nitrogen and oxygen atoms in total. The monoisotopic (exact) mass is 292 g/mol. The summed E-state index contributed by atoms with van der Waals surface area (Å²) in [6.45, 7) is 6.43. The molecule has 106 valence electrons. The molecule has 0 aromatic heterocycles. The highest BCUT2D eigenvalue weighted by Crippen LogP contribution is 2.34. The lowest BCUT2D eigenvalue weighted by atomic mass is 10.00. The second-order valence-electron chi connectivity index (χ2n) is 4.68. The van der Waals surface area contributed by atoms with E-state index in [0.717, 1.165) is 28.0 Å². The topological polar surface area (TPSA) is 35.5 Å². The van der Waals surface area contributed by atoms with Crippen LogP contribution in [0.5, 0.6) is 5.75 Å². The normalized spacial score (nSPS) is 14.2. The van der Waals surface area contributed by atoms with Crippen molar-refractivity contribution in [2.45, 2.75) is 20.8 Å².